The van der Waals surface area contributed by atoms with Crippen molar-refractivity contribution in [3.63, 3.8) is 0 Å². The van der Waals surface area contributed by atoms with E-state index in [0.29, 0.717) is 36.4 Å². The highest BCUT2D eigenvalue weighted by Gasteiger charge is 2.61. The monoisotopic (exact) mass is 401 g/mol. The van der Waals surface area contributed by atoms with E-state index < -0.39 is 0 Å². The Morgan fingerprint density at radius 1 is 0.966 bits per heavy atom. The van der Waals surface area contributed by atoms with Crippen LogP contribution in [-0.4, -0.2) is 47.4 Å². The molecule has 0 aromatic rings. The van der Waals surface area contributed by atoms with E-state index in [4.69, 9.17) is 0 Å². The molecule has 4 saturated carbocycles. The fourth-order valence-corrected chi connectivity index (χ4v) is 8.02. The van der Waals surface area contributed by atoms with Gasteiger partial charge in [-0.15, -0.1) is 0 Å². The third kappa shape index (κ3) is 3.62. The van der Waals surface area contributed by atoms with Crippen LogP contribution in [0.2, 0.25) is 0 Å². The maximum absolute atomic E-state index is 13.2. The molecule has 2 heterocycles. The number of hydrogen-bond donors (Lipinski definition) is 2. The summed E-state index contributed by atoms with van der Waals surface area (Å²) in [6.07, 6.45) is 11.0. The van der Waals surface area contributed by atoms with Crippen LogP contribution in [0, 0.1) is 29.1 Å². The molecular weight excluding hydrogens is 362 g/mol. The number of nitrogens with zero attached hydrogens (tertiary/aromatic N) is 1. The second kappa shape index (κ2) is 6.96. The van der Waals surface area contributed by atoms with Crippen molar-refractivity contribution in [1.82, 2.24) is 15.5 Å². The zero-order chi connectivity index (χ0) is 20.4. The summed E-state index contributed by atoms with van der Waals surface area (Å²) >= 11 is 0. The number of carbonyl (C=O) groups is 2. The van der Waals surface area contributed by atoms with Crippen LogP contribution >= 0.6 is 0 Å². The Morgan fingerprint density at radius 2 is 1.59 bits per heavy atom. The zero-order valence-electron chi connectivity index (χ0n) is 18.5. The molecule has 2 saturated heterocycles. The van der Waals surface area contributed by atoms with Gasteiger partial charge in [0.05, 0.1) is 12.0 Å². The Balaban J connectivity index is 1.13. The van der Waals surface area contributed by atoms with Crippen molar-refractivity contribution in [2.45, 2.75) is 96.2 Å². The van der Waals surface area contributed by atoms with E-state index in [0.717, 1.165) is 44.1 Å². The Kier molecular flexibility index (Phi) is 4.76. The molecule has 6 bridgehead atoms. The van der Waals surface area contributed by atoms with Gasteiger partial charge in [0, 0.05) is 24.2 Å². The van der Waals surface area contributed by atoms with Crippen molar-refractivity contribution in [1.29, 1.82) is 0 Å². The van der Waals surface area contributed by atoms with Gasteiger partial charge in [-0.3, -0.25) is 14.5 Å². The minimum absolute atomic E-state index is 0.00167. The molecule has 162 valence electrons. The lowest BCUT2D eigenvalue weighted by atomic mass is 9.75. The second-order valence-corrected chi connectivity index (χ2v) is 12.1. The summed E-state index contributed by atoms with van der Waals surface area (Å²) < 4.78 is 0. The molecule has 2 N–H and O–H groups in total. The summed E-state index contributed by atoms with van der Waals surface area (Å²) in [7, 11) is 0. The third-order valence-corrected chi connectivity index (χ3v) is 8.82. The van der Waals surface area contributed by atoms with E-state index in [9.17, 15) is 9.59 Å². The highest BCUT2D eigenvalue weighted by Crippen LogP contribution is 2.65. The molecule has 3 unspecified atom stereocenters. The number of rotatable bonds is 5. The minimum atomic E-state index is -0.170. The normalized spacial score (nSPS) is 43.0. The molecule has 0 aromatic carbocycles. The lowest BCUT2D eigenvalue weighted by Gasteiger charge is -2.39. The van der Waals surface area contributed by atoms with E-state index in [-0.39, 0.29) is 16.9 Å². The van der Waals surface area contributed by atoms with Crippen LogP contribution < -0.4 is 10.6 Å². The van der Waals surface area contributed by atoms with Crippen LogP contribution in [0.1, 0.15) is 78.6 Å². The first-order valence-electron chi connectivity index (χ1n) is 12.1. The van der Waals surface area contributed by atoms with Gasteiger partial charge in [0.25, 0.3) is 0 Å². The fourth-order valence-electron chi connectivity index (χ4n) is 8.02. The van der Waals surface area contributed by atoms with Crippen molar-refractivity contribution in [3.05, 3.63) is 0 Å². The van der Waals surface area contributed by atoms with Crippen LogP contribution in [0.15, 0.2) is 0 Å². The number of hydrogen-bond acceptors (Lipinski definition) is 3. The van der Waals surface area contributed by atoms with E-state index >= 15 is 0 Å². The van der Waals surface area contributed by atoms with Crippen LogP contribution in [0.5, 0.6) is 0 Å². The largest absolute Gasteiger partial charge is 0.355 e. The van der Waals surface area contributed by atoms with Crippen molar-refractivity contribution < 1.29 is 9.59 Å². The van der Waals surface area contributed by atoms with E-state index in [1.807, 2.05) is 20.8 Å². The SMILES string of the molecule is CC(C)(C)NC(=O)CN1[C@@H]2CC[C@H]1CC(CNC(=O)C13CC4CC(CC1C4)C3)C2. The molecule has 2 aliphatic heterocycles. The van der Waals surface area contributed by atoms with Crippen LogP contribution in [-0.2, 0) is 9.59 Å². The standard InChI is InChI=1S/C24H39N3O2/c1-23(2,3)26-21(28)14-27-19-4-5-20(27)10-17(9-19)13-25-22(29)24-11-15-6-16(12-24)8-18(24)7-15/h15-20H,4-14H2,1-3H3,(H,25,29)(H,26,28)/t15?,16?,17?,18?,19-,20+,24?. The van der Waals surface area contributed by atoms with Gasteiger partial charge in [-0.05, 0) is 102 Å². The fraction of sp³-hybridized carbons (Fsp3) is 0.917. The minimum Gasteiger partial charge on any atom is -0.355 e. The number of nitrogens with one attached hydrogen (secondary N) is 2. The molecule has 29 heavy (non-hydrogen) atoms. The highest BCUT2D eigenvalue weighted by atomic mass is 16.2. The first-order chi connectivity index (χ1) is 13.7. The number of fused-ring (bicyclic) bond motifs is 2. The predicted molar refractivity (Wildman–Crippen MR) is 113 cm³/mol. The maximum atomic E-state index is 13.2. The third-order valence-electron chi connectivity index (χ3n) is 8.82. The summed E-state index contributed by atoms with van der Waals surface area (Å²) in [4.78, 5) is 28.1. The van der Waals surface area contributed by atoms with Gasteiger partial charge in [-0.2, -0.15) is 0 Å². The number of piperidine rings is 1. The average Bonchev–Trinajstić information content (AvgIpc) is 3.11. The van der Waals surface area contributed by atoms with Gasteiger partial charge in [-0.25, -0.2) is 0 Å². The van der Waals surface area contributed by atoms with Crippen LogP contribution in [0.3, 0.4) is 0 Å². The predicted octanol–water partition coefficient (Wildman–Crippen LogP) is 3.09. The molecule has 5 heteroatoms. The molecule has 4 aliphatic carbocycles. The molecule has 0 radical (unpaired) electrons. The van der Waals surface area contributed by atoms with Crippen molar-refractivity contribution in [2.75, 3.05) is 13.1 Å². The topological polar surface area (TPSA) is 61.4 Å². The smallest absolute Gasteiger partial charge is 0.234 e. The van der Waals surface area contributed by atoms with Gasteiger partial charge in [0.2, 0.25) is 11.8 Å². The van der Waals surface area contributed by atoms with Crippen molar-refractivity contribution >= 4 is 11.8 Å². The summed E-state index contributed by atoms with van der Waals surface area (Å²) in [6.45, 7) is 7.49. The Hall–Kier alpha value is -1.10. The molecule has 6 aliphatic rings. The Morgan fingerprint density at radius 3 is 2.17 bits per heavy atom. The molecule has 6 fully saturated rings. The summed E-state index contributed by atoms with van der Waals surface area (Å²) in [6, 6.07) is 1.02. The molecule has 5 atom stereocenters. The Labute approximate surface area is 175 Å². The van der Waals surface area contributed by atoms with Gasteiger partial charge in [0.1, 0.15) is 0 Å². The van der Waals surface area contributed by atoms with Gasteiger partial charge < -0.3 is 10.6 Å². The van der Waals surface area contributed by atoms with Gasteiger partial charge in [-0.1, -0.05) is 0 Å². The van der Waals surface area contributed by atoms with Gasteiger partial charge in [0.15, 0.2) is 0 Å². The van der Waals surface area contributed by atoms with Crippen LogP contribution in [0.25, 0.3) is 0 Å². The summed E-state index contributed by atoms with van der Waals surface area (Å²) in [5.41, 5.74) is -0.171. The maximum Gasteiger partial charge on any atom is 0.234 e. The van der Waals surface area contributed by atoms with E-state index in [2.05, 4.69) is 15.5 Å². The lowest BCUT2D eigenvalue weighted by Crippen LogP contribution is -2.52. The molecular formula is C24H39N3O2. The highest BCUT2D eigenvalue weighted by molar-refractivity contribution is 5.84. The molecule has 0 aromatic heterocycles. The molecule has 6 rings (SSSR count). The summed E-state index contributed by atoms with van der Waals surface area (Å²) in [5, 5.41) is 6.52. The molecule has 0 spiro atoms. The van der Waals surface area contributed by atoms with E-state index in [1.165, 1.54) is 32.1 Å². The zero-order valence-corrected chi connectivity index (χ0v) is 18.5. The lowest BCUT2D eigenvalue weighted by molar-refractivity contribution is -0.133. The van der Waals surface area contributed by atoms with Crippen LogP contribution in [0.4, 0.5) is 0 Å². The number of amides is 2. The Bertz CT molecular complexity index is 656. The van der Waals surface area contributed by atoms with Gasteiger partial charge >= 0.3 is 0 Å². The van der Waals surface area contributed by atoms with Crippen molar-refractivity contribution in [3.8, 4) is 0 Å². The average molecular weight is 402 g/mol. The first kappa shape index (κ1) is 19.8. The van der Waals surface area contributed by atoms with Crippen molar-refractivity contribution in [2.24, 2.45) is 29.1 Å². The molecule has 2 amide bonds. The number of carbonyl (C=O) groups excluding carboxylic acids is 2. The summed E-state index contributed by atoms with van der Waals surface area (Å²) in [5.74, 6) is 3.43. The molecule has 5 nitrogen and oxygen atoms in total. The quantitative estimate of drug-likeness (QED) is 0.744. The second-order valence-electron chi connectivity index (χ2n) is 12.1. The van der Waals surface area contributed by atoms with E-state index in [1.54, 1.807) is 0 Å². The first-order valence-corrected chi connectivity index (χ1v) is 12.1.